The summed E-state index contributed by atoms with van der Waals surface area (Å²) in [5.74, 6) is 5.56. The van der Waals surface area contributed by atoms with Crippen LogP contribution in [0.15, 0.2) is 30.3 Å². The summed E-state index contributed by atoms with van der Waals surface area (Å²) >= 11 is 0. The Morgan fingerprint density at radius 3 is 2.32 bits per heavy atom. The third-order valence-corrected chi connectivity index (χ3v) is 5.68. The molecule has 0 aliphatic heterocycles. The number of hydrogen-bond acceptors (Lipinski definition) is 8. The molecule has 0 aliphatic carbocycles. The topological polar surface area (TPSA) is 117 Å². The van der Waals surface area contributed by atoms with E-state index >= 15 is 0 Å². The Bertz CT molecular complexity index is 1110. The highest BCUT2D eigenvalue weighted by atomic mass is 16.6. The van der Waals surface area contributed by atoms with Gasteiger partial charge in [0.05, 0.1) is 30.2 Å². The second kappa shape index (κ2) is 13.3. The molecule has 8 heteroatoms. The monoisotopic (exact) mass is 511 g/mol. The maximum absolute atomic E-state index is 12.5. The Labute approximate surface area is 220 Å². The Hall–Kier alpha value is -3.36. The molecule has 0 saturated heterocycles. The number of hydrogen-bond donors (Lipinski definition) is 2. The van der Waals surface area contributed by atoms with E-state index < -0.39 is 11.6 Å². The van der Waals surface area contributed by atoms with Crippen molar-refractivity contribution in [3.8, 4) is 0 Å². The average Bonchev–Trinajstić information content (AvgIpc) is 2.78. The Kier molecular flexibility index (Phi) is 10.7. The molecule has 8 nitrogen and oxygen atoms in total. The molecule has 2 aromatic carbocycles. The molecule has 0 fully saturated rings. The van der Waals surface area contributed by atoms with E-state index in [-0.39, 0.29) is 5.97 Å². The smallest absolute Gasteiger partial charge is 0.339 e. The highest BCUT2D eigenvalue weighted by Crippen LogP contribution is 2.28. The molecule has 0 amide bonds. The minimum absolute atomic E-state index is 0.310. The molecule has 0 heterocycles. The fraction of sp³-hybridized carbons (Fsp3) is 0.448. The summed E-state index contributed by atoms with van der Waals surface area (Å²) in [6, 6.07) is 7.64. The fourth-order valence-electron chi connectivity index (χ4n) is 3.95. The van der Waals surface area contributed by atoms with Gasteiger partial charge in [0.2, 0.25) is 0 Å². The number of carbonyl (C=O) groups is 2. The number of anilines is 2. The molecule has 0 aliphatic rings. The van der Waals surface area contributed by atoms with E-state index in [9.17, 15) is 9.59 Å². The molecule has 202 valence electrons. The van der Waals surface area contributed by atoms with Crippen molar-refractivity contribution in [1.29, 1.82) is 0 Å². The van der Waals surface area contributed by atoms with Crippen LogP contribution in [-0.2, 0) is 25.6 Å². The van der Waals surface area contributed by atoms with Crippen LogP contribution < -0.4 is 16.6 Å². The molecule has 2 aromatic rings. The average molecular weight is 512 g/mol. The first kappa shape index (κ1) is 29.9. The van der Waals surface area contributed by atoms with Gasteiger partial charge >= 0.3 is 11.9 Å². The summed E-state index contributed by atoms with van der Waals surface area (Å²) < 4.78 is 16.3. The van der Waals surface area contributed by atoms with Crippen LogP contribution in [0.25, 0.3) is 6.08 Å². The van der Waals surface area contributed by atoms with Gasteiger partial charge in [0.1, 0.15) is 5.60 Å². The third-order valence-electron chi connectivity index (χ3n) is 5.68. The van der Waals surface area contributed by atoms with E-state index in [1.807, 2.05) is 65.8 Å². The van der Waals surface area contributed by atoms with Gasteiger partial charge in [-0.15, -0.1) is 0 Å². The molecular weight excluding hydrogens is 470 g/mol. The van der Waals surface area contributed by atoms with Gasteiger partial charge in [-0.3, -0.25) is 0 Å². The van der Waals surface area contributed by atoms with Crippen LogP contribution in [0.2, 0.25) is 0 Å². The van der Waals surface area contributed by atoms with Crippen LogP contribution in [0.1, 0.15) is 72.3 Å². The van der Waals surface area contributed by atoms with E-state index in [1.165, 1.54) is 6.08 Å². The molecule has 37 heavy (non-hydrogen) atoms. The SMILES string of the molecule is CCOC(=O)/C=C/c1ccc(N(N)CCCOCc2cc(C)c(C(=O)OC(C)(C)C)c(C)c2)c(N)c1C. The van der Waals surface area contributed by atoms with Crippen LogP contribution in [0.5, 0.6) is 0 Å². The summed E-state index contributed by atoms with van der Waals surface area (Å²) in [5, 5.41) is 1.61. The first-order valence-corrected chi connectivity index (χ1v) is 12.5. The number of nitrogens with zero attached hydrogens (tertiary/aromatic N) is 1. The maximum atomic E-state index is 12.5. The van der Waals surface area contributed by atoms with E-state index in [1.54, 1.807) is 18.0 Å². The predicted molar refractivity (Wildman–Crippen MR) is 148 cm³/mol. The van der Waals surface area contributed by atoms with Crippen molar-refractivity contribution in [2.75, 3.05) is 30.5 Å². The number of nitrogen functional groups attached to an aromatic ring is 1. The lowest BCUT2D eigenvalue weighted by molar-refractivity contribution is -0.137. The molecular formula is C29H41N3O5. The number of carbonyl (C=O) groups excluding carboxylic acids is 2. The van der Waals surface area contributed by atoms with Crippen LogP contribution in [0, 0.1) is 20.8 Å². The first-order chi connectivity index (χ1) is 17.3. The third kappa shape index (κ3) is 8.91. The second-order valence-corrected chi connectivity index (χ2v) is 10.0. The van der Waals surface area contributed by atoms with Gasteiger partial charge in [0, 0.05) is 19.2 Å². The van der Waals surface area contributed by atoms with Crippen molar-refractivity contribution >= 4 is 29.4 Å². The zero-order valence-corrected chi connectivity index (χ0v) is 23.1. The highest BCUT2D eigenvalue weighted by Gasteiger charge is 2.21. The molecule has 0 saturated carbocycles. The summed E-state index contributed by atoms with van der Waals surface area (Å²) in [5.41, 5.74) is 12.1. The Morgan fingerprint density at radius 1 is 1.08 bits per heavy atom. The van der Waals surface area contributed by atoms with Crippen molar-refractivity contribution in [3.05, 3.63) is 63.7 Å². The van der Waals surface area contributed by atoms with Crippen molar-refractivity contribution in [3.63, 3.8) is 0 Å². The minimum atomic E-state index is -0.540. The normalized spacial score (nSPS) is 11.6. The molecule has 4 N–H and O–H groups in total. The summed E-state index contributed by atoms with van der Waals surface area (Å²) in [6.45, 7) is 14.9. The van der Waals surface area contributed by atoms with Crippen LogP contribution >= 0.6 is 0 Å². The van der Waals surface area contributed by atoms with Crippen molar-refractivity contribution < 1.29 is 23.8 Å². The van der Waals surface area contributed by atoms with Crippen molar-refractivity contribution in [2.24, 2.45) is 5.84 Å². The Balaban J connectivity index is 1.89. The van der Waals surface area contributed by atoms with Gasteiger partial charge in [-0.2, -0.15) is 0 Å². The van der Waals surface area contributed by atoms with Crippen LogP contribution in [0.4, 0.5) is 11.4 Å². The molecule has 0 spiro atoms. The number of hydrazine groups is 1. The molecule has 0 aromatic heterocycles. The van der Waals surface area contributed by atoms with Crippen LogP contribution in [-0.4, -0.2) is 37.3 Å². The number of ether oxygens (including phenoxy) is 3. The second-order valence-electron chi connectivity index (χ2n) is 10.0. The van der Waals surface area contributed by atoms with Gasteiger partial charge in [-0.25, -0.2) is 15.4 Å². The zero-order chi connectivity index (χ0) is 27.8. The van der Waals surface area contributed by atoms with Gasteiger partial charge in [0.25, 0.3) is 0 Å². The largest absolute Gasteiger partial charge is 0.463 e. The van der Waals surface area contributed by atoms with E-state index in [0.717, 1.165) is 33.5 Å². The van der Waals surface area contributed by atoms with Crippen molar-refractivity contribution in [2.45, 2.75) is 67.1 Å². The number of aryl methyl sites for hydroxylation is 2. The number of rotatable bonds is 11. The Morgan fingerprint density at radius 2 is 1.73 bits per heavy atom. The lowest BCUT2D eigenvalue weighted by Gasteiger charge is -2.22. The summed E-state index contributed by atoms with van der Waals surface area (Å²) in [6.07, 6.45) is 3.77. The fourth-order valence-corrected chi connectivity index (χ4v) is 3.95. The van der Waals surface area contributed by atoms with Gasteiger partial charge < -0.3 is 25.0 Å². The molecule has 0 bridgehead atoms. The van der Waals surface area contributed by atoms with Gasteiger partial charge in [-0.05, 0) is 94.8 Å². The van der Waals surface area contributed by atoms with Gasteiger partial charge in [-0.1, -0.05) is 18.2 Å². The lowest BCUT2D eigenvalue weighted by atomic mass is 9.99. The number of esters is 2. The van der Waals surface area contributed by atoms with Crippen molar-refractivity contribution in [1.82, 2.24) is 0 Å². The maximum Gasteiger partial charge on any atom is 0.339 e. The number of nitrogens with two attached hydrogens (primary N) is 2. The summed E-state index contributed by atoms with van der Waals surface area (Å²) in [7, 11) is 0. The quantitative estimate of drug-likeness (QED) is 0.108. The molecule has 2 rings (SSSR count). The highest BCUT2D eigenvalue weighted by molar-refractivity contribution is 5.93. The molecule has 0 atom stereocenters. The minimum Gasteiger partial charge on any atom is -0.463 e. The zero-order valence-electron chi connectivity index (χ0n) is 23.1. The summed E-state index contributed by atoms with van der Waals surface area (Å²) in [4.78, 5) is 24.1. The van der Waals surface area contributed by atoms with E-state index in [0.29, 0.717) is 44.0 Å². The predicted octanol–water partition coefficient (Wildman–Crippen LogP) is 5.01. The standard InChI is InChI=1S/C29H41N3O5/c1-8-36-25(33)13-11-23-10-12-24(27(30)21(23)4)32(31)14-9-15-35-18-22-16-19(2)26(20(3)17-22)28(34)37-29(5,6)7/h10-13,16-17H,8-9,14-15,18,30-31H2,1-7H3/b13-11+. The molecule has 0 radical (unpaired) electrons. The first-order valence-electron chi connectivity index (χ1n) is 12.5. The number of benzene rings is 2. The van der Waals surface area contributed by atoms with E-state index in [4.69, 9.17) is 25.8 Å². The van der Waals surface area contributed by atoms with Crippen LogP contribution in [0.3, 0.4) is 0 Å². The van der Waals surface area contributed by atoms with Gasteiger partial charge in [0.15, 0.2) is 0 Å². The molecule has 0 unspecified atom stereocenters. The lowest BCUT2D eigenvalue weighted by Crippen LogP contribution is -2.33. The van der Waals surface area contributed by atoms with E-state index in [2.05, 4.69) is 0 Å².